The second-order valence-electron chi connectivity index (χ2n) is 5.63. The summed E-state index contributed by atoms with van der Waals surface area (Å²) in [6.45, 7) is 4.82. The molecule has 1 aliphatic heterocycles. The first kappa shape index (κ1) is 14.2. The first-order valence-electron chi connectivity index (χ1n) is 7.10. The maximum atomic E-state index is 11.3. The molecule has 1 aliphatic rings. The van der Waals surface area contributed by atoms with Crippen LogP contribution in [0.15, 0.2) is 24.3 Å². The predicted octanol–water partition coefficient (Wildman–Crippen LogP) is 3.35. The van der Waals surface area contributed by atoms with E-state index in [-0.39, 0.29) is 17.7 Å². The Kier molecular flexibility index (Phi) is 3.78. The Morgan fingerprint density at radius 3 is 2.71 bits per heavy atom. The zero-order valence-corrected chi connectivity index (χ0v) is 12.9. The van der Waals surface area contributed by atoms with Gasteiger partial charge in [0.15, 0.2) is 5.69 Å². The van der Waals surface area contributed by atoms with Crippen molar-refractivity contribution < 1.29 is 9.90 Å². The summed E-state index contributed by atoms with van der Waals surface area (Å²) in [6, 6.07) is 8.46. The standard InChI is InChI=1S/C16H18N2O2S/c1-9(2)14-13(16(19)20)18-15(21-14)12-7-10-5-3-4-6-11(10)8-17-12/h3-6,9,12,17H,7-8H2,1-2H3,(H,19,20). The van der Waals surface area contributed by atoms with Crippen LogP contribution >= 0.6 is 11.3 Å². The zero-order valence-electron chi connectivity index (χ0n) is 12.1. The van der Waals surface area contributed by atoms with Gasteiger partial charge in [-0.15, -0.1) is 11.3 Å². The highest BCUT2D eigenvalue weighted by atomic mass is 32.1. The van der Waals surface area contributed by atoms with E-state index in [9.17, 15) is 9.90 Å². The van der Waals surface area contributed by atoms with Crippen LogP contribution in [0.5, 0.6) is 0 Å². The van der Waals surface area contributed by atoms with Crippen molar-refractivity contribution in [1.82, 2.24) is 10.3 Å². The van der Waals surface area contributed by atoms with E-state index in [0.29, 0.717) is 0 Å². The molecule has 0 amide bonds. The number of aromatic carboxylic acids is 1. The molecule has 1 atom stereocenters. The Labute approximate surface area is 127 Å². The number of hydrogen-bond donors (Lipinski definition) is 2. The number of nitrogens with one attached hydrogen (secondary N) is 1. The summed E-state index contributed by atoms with van der Waals surface area (Å²) >= 11 is 1.52. The third-order valence-corrected chi connectivity index (χ3v) is 5.25. The highest BCUT2D eigenvalue weighted by Gasteiger charge is 2.26. The molecule has 5 heteroatoms. The van der Waals surface area contributed by atoms with Crippen molar-refractivity contribution in [3.63, 3.8) is 0 Å². The lowest BCUT2D eigenvalue weighted by Crippen LogP contribution is -2.28. The number of benzene rings is 1. The first-order chi connectivity index (χ1) is 10.1. The second kappa shape index (κ2) is 5.58. The molecule has 2 N–H and O–H groups in total. The minimum Gasteiger partial charge on any atom is -0.476 e. The lowest BCUT2D eigenvalue weighted by Gasteiger charge is -2.24. The molecule has 1 unspecified atom stereocenters. The summed E-state index contributed by atoms with van der Waals surface area (Å²) in [5.41, 5.74) is 2.85. The fourth-order valence-electron chi connectivity index (χ4n) is 2.67. The third-order valence-electron chi connectivity index (χ3n) is 3.78. The number of carboxylic acids is 1. The molecule has 0 radical (unpaired) electrons. The van der Waals surface area contributed by atoms with Crippen LogP contribution < -0.4 is 5.32 Å². The molecule has 110 valence electrons. The summed E-state index contributed by atoms with van der Waals surface area (Å²) in [5.74, 6) is -0.754. The minimum absolute atomic E-state index is 0.107. The molecule has 0 bridgehead atoms. The van der Waals surface area contributed by atoms with Crippen LogP contribution in [0, 0.1) is 0 Å². The summed E-state index contributed by atoms with van der Waals surface area (Å²) in [5, 5.41) is 13.7. The molecule has 21 heavy (non-hydrogen) atoms. The summed E-state index contributed by atoms with van der Waals surface area (Å²) in [4.78, 5) is 16.6. The van der Waals surface area contributed by atoms with Gasteiger partial charge in [0.1, 0.15) is 5.01 Å². The maximum Gasteiger partial charge on any atom is 0.355 e. The minimum atomic E-state index is -0.933. The molecule has 0 spiro atoms. The number of fused-ring (bicyclic) bond motifs is 1. The average molecular weight is 302 g/mol. The van der Waals surface area contributed by atoms with Gasteiger partial charge in [-0.1, -0.05) is 38.1 Å². The van der Waals surface area contributed by atoms with E-state index >= 15 is 0 Å². The largest absolute Gasteiger partial charge is 0.476 e. The Balaban J connectivity index is 1.92. The van der Waals surface area contributed by atoms with Crippen molar-refractivity contribution in [1.29, 1.82) is 0 Å². The van der Waals surface area contributed by atoms with Crippen LogP contribution in [0.3, 0.4) is 0 Å². The van der Waals surface area contributed by atoms with Crippen molar-refractivity contribution in [2.75, 3.05) is 0 Å². The van der Waals surface area contributed by atoms with Gasteiger partial charge in [-0.2, -0.15) is 0 Å². The van der Waals surface area contributed by atoms with Crippen molar-refractivity contribution in [2.24, 2.45) is 0 Å². The third kappa shape index (κ3) is 2.71. The lowest BCUT2D eigenvalue weighted by atomic mass is 9.96. The monoisotopic (exact) mass is 302 g/mol. The van der Waals surface area contributed by atoms with Crippen LogP contribution in [-0.4, -0.2) is 16.1 Å². The van der Waals surface area contributed by atoms with Crippen molar-refractivity contribution in [2.45, 2.75) is 38.8 Å². The van der Waals surface area contributed by atoms with Gasteiger partial charge in [-0.25, -0.2) is 9.78 Å². The fraction of sp³-hybridized carbons (Fsp3) is 0.375. The van der Waals surface area contributed by atoms with Crippen LogP contribution in [0.1, 0.15) is 57.3 Å². The molecule has 0 fully saturated rings. The summed E-state index contributed by atoms with van der Waals surface area (Å²) in [6.07, 6.45) is 0.861. The van der Waals surface area contributed by atoms with Gasteiger partial charge in [0.25, 0.3) is 0 Å². The van der Waals surface area contributed by atoms with Gasteiger partial charge in [0.05, 0.1) is 6.04 Å². The second-order valence-corrected chi connectivity index (χ2v) is 6.69. The molecule has 1 aromatic carbocycles. The van der Waals surface area contributed by atoms with Crippen LogP contribution in [0.4, 0.5) is 0 Å². The SMILES string of the molecule is CC(C)c1sc(C2Cc3ccccc3CN2)nc1C(=O)O. The molecule has 0 saturated carbocycles. The predicted molar refractivity (Wildman–Crippen MR) is 82.9 cm³/mol. The van der Waals surface area contributed by atoms with Gasteiger partial charge < -0.3 is 10.4 Å². The van der Waals surface area contributed by atoms with Crippen LogP contribution in [0.25, 0.3) is 0 Å². The molecule has 0 saturated heterocycles. The van der Waals surface area contributed by atoms with E-state index in [2.05, 4.69) is 22.4 Å². The van der Waals surface area contributed by atoms with E-state index < -0.39 is 5.97 Å². The average Bonchev–Trinajstić information content (AvgIpc) is 2.92. The molecular formula is C16H18N2O2S. The normalized spacial score (nSPS) is 17.8. The molecule has 2 heterocycles. The molecule has 2 aromatic rings. The van der Waals surface area contributed by atoms with Crippen molar-refractivity contribution >= 4 is 17.3 Å². The number of carboxylic acid groups (broad SMARTS) is 1. The topological polar surface area (TPSA) is 62.2 Å². The van der Waals surface area contributed by atoms with Crippen molar-refractivity contribution in [3.05, 3.63) is 51.0 Å². The van der Waals surface area contributed by atoms with E-state index in [1.165, 1.54) is 22.5 Å². The number of thiazole rings is 1. The lowest BCUT2D eigenvalue weighted by molar-refractivity contribution is 0.0689. The van der Waals surface area contributed by atoms with Gasteiger partial charge in [0.2, 0.25) is 0 Å². The Morgan fingerprint density at radius 1 is 1.38 bits per heavy atom. The molecule has 3 rings (SSSR count). The number of aromatic nitrogens is 1. The summed E-state index contributed by atoms with van der Waals surface area (Å²) in [7, 11) is 0. The fourth-order valence-corrected chi connectivity index (χ4v) is 3.81. The van der Waals surface area contributed by atoms with Gasteiger partial charge in [-0.05, 0) is 23.5 Å². The molecule has 1 aromatic heterocycles. The highest BCUT2D eigenvalue weighted by molar-refractivity contribution is 7.12. The van der Waals surface area contributed by atoms with Gasteiger partial charge in [-0.3, -0.25) is 0 Å². The maximum absolute atomic E-state index is 11.3. The van der Waals surface area contributed by atoms with E-state index in [1.807, 2.05) is 26.0 Å². The Hall–Kier alpha value is -1.72. The van der Waals surface area contributed by atoms with Gasteiger partial charge >= 0.3 is 5.97 Å². The first-order valence-corrected chi connectivity index (χ1v) is 7.92. The summed E-state index contributed by atoms with van der Waals surface area (Å²) < 4.78 is 0. The van der Waals surface area contributed by atoms with E-state index in [4.69, 9.17) is 0 Å². The molecule has 0 aliphatic carbocycles. The van der Waals surface area contributed by atoms with Gasteiger partial charge in [0, 0.05) is 11.4 Å². The smallest absolute Gasteiger partial charge is 0.355 e. The number of carbonyl (C=O) groups is 1. The Morgan fingerprint density at radius 2 is 2.10 bits per heavy atom. The quantitative estimate of drug-likeness (QED) is 0.912. The number of rotatable bonds is 3. The molecule has 4 nitrogen and oxygen atoms in total. The number of hydrogen-bond acceptors (Lipinski definition) is 4. The Bertz CT molecular complexity index is 679. The van der Waals surface area contributed by atoms with Crippen molar-refractivity contribution in [3.8, 4) is 0 Å². The van der Waals surface area contributed by atoms with E-state index in [1.54, 1.807) is 0 Å². The highest BCUT2D eigenvalue weighted by Crippen LogP contribution is 2.33. The van der Waals surface area contributed by atoms with Crippen LogP contribution in [-0.2, 0) is 13.0 Å². The number of nitrogens with zero attached hydrogens (tertiary/aromatic N) is 1. The molecular weight excluding hydrogens is 284 g/mol. The zero-order chi connectivity index (χ0) is 15.0. The van der Waals surface area contributed by atoms with E-state index in [0.717, 1.165) is 22.9 Å². The van der Waals surface area contributed by atoms with Crippen LogP contribution in [0.2, 0.25) is 0 Å².